The molecule has 1 heterocycles. The minimum atomic E-state index is -0.939. The van der Waals surface area contributed by atoms with Crippen molar-refractivity contribution < 1.29 is 14.3 Å². The van der Waals surface area contributed by atoms with E-state index < -0.39 is 17.8 Å². The lowest BCUT2D eigenvalue weighted by Crippen LogP contribution is -2.17. The number of rotatable bonds is 3. The Labute approximate surface area is 91.3 Å². The van der Waals surface area contributed by atoms with Crippen LogP contribution in [-0.4, -0.2) is 20.6 Å². The number of hydrogen-bond donors (Lipinski definition) is 1. The Kier molecular flexibility index (Phi) is 2.60. The Hall–Kier alpha value is -1.91. The molecule has 1 N–H and O–H groups in total. The molecule has 16 heavy (non-hydrogen) atoms. The predicted octanol–water partition coefficient (Wildman–Crippen LogP) is 2.21. The normalized spacial score (nSPS) is 12.9. The molecule has 0 saturated heterocycles. The molecule has 0 amide bonds. The largest absolute Gasteiger partial charge is 0.480 e. The summed E-state index contributed by atoms with van der Waals surface area (Å²) in [6, 6.07) is 3.44. The van der Waals surface area contributed by atoms with Crippen LogP contribution in [0.25, 0.3) is 11.0 Å². The number of benzene rings is 1. The van der Waals surface area contributed by atoms with Gasteiger partial charge in [0.25, 0.3) is 0 Å². The highest BCUT2D eigenvalue weighted by Crippen LogP contribution is 2.20. The van der Waals surface area contributed by atoms with Gasteiger partial charge in [0.15, 0.2) is 0 Å². The van der Waals surface area contributed by atoms with Crippen molar-refractivity contribution in [2.24, 2.45) is 0 Å². The van der Waals surface area contributed by atoms with Crippen LogP contribution in [0.5, 0.6) is 0 Å². The van der Waals surface area contributed by atoms with Crippen LogP contribution < -0.4 is 0 Å². The first-order valence-corrected chi connectivity index (χ1v) is 4.98. The number of carboxylic acid groups (broad SMARTS) is 1. The highest BCUT2D eigenvalue weighted by Gasteiger charge is 2.19. The Balaban J connectivity index is 2.59. The first-order chi connectivity index (χ1) is 7.63. The summed E-state index contributed by atoms with van der Waals surface area (Å²) in [5, 5.41) is 9.03. The number of aliphatic carboxylic acids is 1. The van der Waals surface area contributed by atoms with Gasteiger partial charge >= 0.3 is 5.97 Å². The Bertz CT molecular complexity index is 536. The molecule has 5 heteroatoms. The topological polar surface area (TPSA) is 55.1 Å². The van der Waals surface area contributed by atoms with Gasteiger partial charge in [-0.25, -0.2) is 14.2 Å². The Morgan fingerprint density at radius 1 is 1.62 bits per heavy atom. The molecule has 1 atom stereocenters. The summed E-state index contributed by atoms with van der Waals surface area (Å²) in [6.07, 6.45) is 1.86. The molecular weight excluding hydrogens is 211 g/mol. The molecule has 0 saturated carbocycles. The van der Waals surface area contributed by atoms with E-state index >= 15 is 0 Å². The van der Waals surface area contributed by atoms with E-state index in [1.54, 1.807) is 6.92 Å². The van der Waals surface area contributed by atoms with E-state index in [-0.39, 0.29) is 0 Å². The van der Waals surface area contributed by atoms with Gasteiger partial charge in [-0.3, -0.25) is 0 Å². The molecule has 0 aliphatic heterocycles. The van der Waals surface area contributed by atoms with Crippen molar-refractivity contribution in [3.8, 4) is 0 Å². The zero-order chi connectivity index (χ0) is 11.7. The van der Waals surface area contributed by atoms with E-state index in [1.165, 1.54) is 29.1 Å². The third kappa shape index (κ3) is 1.64. The van der Waals surface area contributed by atoms with Crippen LogP contribution in [0.4, 0.5) is 4.39 Å². The van der Waals surface area contributed by atoms with Crippen molar-refractivity contribution in [1.29, 1.82) is 0 Å². The van der Waals surface area contributed by atoms with E-state index in [9.17, 15) is 9.18 Å². The molecule has 0 aliphatic carbocycles. The van der Waals surface area contributed by atoms with Crippen molar-refractivity contribution >= 4 is 17.0 Å². The first-order valence-electron chi connectivity index (χ1n) is 4.98. The summed E-state index contributed by atoms with van der Waals surface area (Å²) in [7, 11) is 0. The zero-order valence-electron chi connectivity index (χ0n) is 8.72. The van der Waals surface area contributed by atoms with Gasteiger partial charge in [0, 0.05) is 0 Å². The van der Waals surface area contributed by atoms with Gasteiger partial charge in [0.2, 0.25) is 0 Å². The minimum absolute atomic E-state index is 0.394. The third-order valence-electron chi connectivity index (χ3n) is 2.54. The van der Waals surface area contributed by atoms with Crippen LogP contribution in [0.3, 0.4) is 0 Å². The highest BCUT2D eigenvalue weighted by atomic mass is 19.1. The zero-order valence-corrected chi connectivity index (χ0v) is 8.72. The van der Waals surface area contributed by atoms with E-state index in [1.807, 2.05) is 0 Å². The van der Waals surface area contributed by atoms with Crippen molar-refractivity contribution in [1.82, 2.24) is 9.55 Å². The number of halogens is 1. The number of nitrogens with zero attached hydrogens (tertiary/aromatic N) is 2. The summed E-state index contributed by atoms with van der Waals surface area (Å²) < 4.78 is 14.6. The van der Waals surface area contributed by atoms with Gasteiger partial charge in [-0.2, -0.15) is 0 Å². The maximum atomic E-state index is 13.1. The second kappa shape index (κ2) is 3.92. The second-order valence-corrected chi connectivity index (χ2v) is 3.55. The SMILES string of the molecule is CCC(C(=O)O)n1cnc2ccc(F)cc21. The van der Waals surface area contributed by atoms with Crippen molar-refractivity contribution in [3.05, 3.63) is 30.3 Å². The average Bonchev–Trinajstić information content (AvgIpc) is 2.62. The van der Waals surface area contributed by atoms with Crippen LogP contribution in [0.2, 0.25) is 0 Å². The predicted molar refractivity (Wildman–Crippen MR) is 56.7 cm³/mol. The lowest BCUT2D eigenvalue weighted by Gasteiger charge is -2.12. The molecule has 1 aromatic heterocycles. The van der Waals surface area contributed by atoms with E-state index in [2.05, 4.69) is 4.98 Å². The molecule has 1 unspecified atom stereocenters. The molecule has 0 spiro atoms. The van der Waals surface area contributed by atoms with Gasteiger partial charge in [-0.1, -0.05) is 6.92 Å². The summed E-state index contributed by atoms with van der Waals surface area (Å²) in [4.78, 5) is 15.1. The summed E-state index contributed by atoms with van der Waals surface area (Å²) in [5.41, 5.74) is 1.11. The van der Waals surface area contributed by atoms with Crippen molar-refractivity contribution in [2.75, 3.05) is 0 Å². The number of carbonyl (C=O) groups is 1. The van der Waals surface area contributed by atoms with Gasteiger partial charge in [0.1, 0.15) is 11.9 Å². The fourth-order valence-corrected chi connectivity index (χ4v) is 1.74. The molecule has 84 valence electrons. The van der Waals surface area contributed by atoms with Gasteiger partial charge < -0.3 is 9.67 Å². The number of hydrogen-bond acceptors (Lipinski definition) is 2. The molecular formula is C11H11FN2O2. The third-order valence-corrected chi connectivity index (χ3v) is 2.54. The van der Waals surface area contributed by atoms with Gasteiger partial charge in [-0.15, -0.1) is 0 Å². The molecule has 2 rings (SSSR count). The summed E-state index contributed by atoms with van der Waals surface area (Å²) in [5.74, 6) is -1.33. The molecule has 1 aromatic carbocycles. The highest BCUT2D eigenvalue weighted by molar-refractivity contribution is 5.79. The Morgan fingerprint density at radius 2 is 2.38 bits per heavy atom. The number of fused-ring (bicyclic) bond motifs is 1. The fourth-order valence-electron chi connectivity index (χ4n) is 1.74. The minimum Gasteiger partial charge on any atom is -0.480 e. The number of carboxylic acids is 1. The Morgan fingerprint density at radius 3 is 3.00 bits per heavy atom. The van der Waals surface area contributed by atoms with Crippen molar-refractivity contribution in [2.45, 2.75) is 19.4 Å². The van der Waals surface area contributed by atoms with Crippen LogP contribution >= 0.6 is 0 Å². The van der Waals surface area contributed by atoms with E-state index in [0.29, 0.717) is 17.5 Å². The monoisotopic (exact) mass is 222 g/mol. The maximum absolute atomic E-state index is 13.1. The van der Waals surface area contributed by atoms with Crippen LogP contribution in [0.1, 0.15) is 19.4 Å². The van der Waals surface area contributed by atoms with Crippen LogP contribution in [0.15, 0.2) is 24.5 Å². The molecule has 0 radical (unpaired) electrons. The molecule has 0 aliphatic rings. The number of imidazole rings is 1. The molecule has 4 nitrogen and oxygen atoms in total. The van der Waals surface area contributed by atoms with Crippen LogP contribution in [-0.2, 0) is 4.79 Å². The fraction of sp³-hybridized carbons (Fsp3) is 0.273. The summed E-state index contributed by atoms with van der Waals surface area (Å²) >= 11 is 0. The average molecular weight is 222 g/mol. The quantitative estimate of drug-likeness (QED) is 0.866. The van der Waals surface area contributed by atoms with Crippen molar-refractivity contribution in [3.63, 3.8) is 0 Å². The van der Waals surface area contributed by atoms with Crippen LogP contribution in [0, 0.1) is 5.82 Å². The van der Waals surface area contributed by atoms with Gasteiger partial charge in [0.05, 0.1) is 17.4 Å². The molecule has 0 fully saturated rings. The van der Waals surface area contributed by atoms with E-state index in [4.69, 9.17) is 5.11 Å². The van der Waals surface area contributed by atoms with Gasteiger partial charge in [-0.05, 0) is 24.6 Å². The molecule has 2 aromatic rings. The molecule has 0 bridgehead atoms. The maximum Gasteiger partial charge on any atom is 0.326 e. The second-order valence-electron chi connectivity index (χ2n) is 3.55. The number of aromatic nitrogens is 2. The lowest BCUT2D eigenvalue weighted by molar-refractivity contribution is -0.140. The smallest absolute Gasteiger partial charge is 0.326 e. The van der Waals surface area contributed by atoms with E-state index in [0.717, 1.165) is 0 Å². The summed E-state index contributed by atoms with van der Waals surface area (Å²) in [6.45, 7) is 1.77. The standard InChI is InChI=1S/C11H11FN2O2/c1-2-9(11(15)16)14-6-13-8-4-3-7(12)5-10(8)14/h3-6,9H,2H2,1H3,(H,15,16). The first kappa shape index (κ1) is 10.6. The lowest BCUT2D eigenvalue weighted by atomic mass is 10.2.